The van der Waals surface area contributed by atoms with E-state index in [4.69, 9.17) is 33.3 Å². The van der Waals surface area contributed by atoms with Gasteiger partial charge in [-0.3, -0.25) is 5.26 Å². The zero-order valence-corrected chi connectivity index (χ0v) is 40.6. The Labute approximate surface area is 398 Å². The molecule has 0 aromatic rings. The van der Waals surface area contributed by atoms with Crippen molar-refractivity contribution < 1.29 is 99.8 Å². The fourth-order valence-corrected chi connectivity index (χ4v) is 15.0. The third-order valence-electron chi connectivity index (χ3n) is 19.2. The van der Waals surface area contributed by atoms with Crippen LogP contribution in [0.3, 0.4) is 0 Å². The Morgan fingerprint density at radius 1 is 0.647 bits per heavy atom. The predicted octanol–water partition coefficient (Wildman–Crippen LogP) is -0.559. The molecule has 20 nitrogen and oxygen atoms in total. The van der Waals surface area contributed by atoms with Crippen molar-refractivity contribution in [2.45, 2.75) is 222 Å². The molecule has 26 atom stereocenters. The van der Waals surface area contributed by atoms with Gasteiger partial charge in [-0.25, -0.2) is 4.89 Å². The van der Waals surface area contributed by atoms with Gasteiger partial charge in [-0.2, -0.15) is 0 Å². The Hall–Kier alpha value is -1.06. The maximum atomic E-state index is 12.7. The van der Waals surface area contributed by atoms with Gasteiger partial charge in [0.25, 0.3) is 0 Å². The summed E-state index contributed by atoms with van der Waals surface area (Å²) in [5.41, 5.74) is -2.14. The Kier molecular flexibility index (Phi) is 16.4. The van der Waals surface area contributed by atoms with Crippen molar-refractivity contribution in [2.75, 3.05) is 19.8 Å². The minimum absolute atomic E-state index is 0.0427. The molecule has 3 heterocycles. The summed E-state index contributed by atoms with van der Waals surface area (Å²) in [5, 5.41) is 139. The molecule has 68 heavy (non-hydrogen) atoms. The number of ether oxygens (including phenoxy) is 6. The van der Waals surface area contributed by atoms with Gasteiger partial charge >= 0.3 is 0 Å². The van der Waals surface area contributed by atoms with Gasteiger partial charge < -0.3 is 89.7 Å². The first kappa shape index (κ1) is 54.7. The van der Waals surface area contributed by atoms with E-state index in [-0.39, 0.29) is 47.3 Å². The monoisotopic (exact) mass is 979 g/mol. The van der Waals surface area contributed by atoms with Crippen molar-refractivity contribution in [3.8, 4) is 0 Å². The van der Waals surface area contributed by atoms with Crippen LogP contribution in [0, 0.1) is 45.3 Å². The van der Waals surface area contributed by atoms with E-state index in [1.54, 1.807) is 6.92 Å². The van der Waals surface area contributed by atoms with Crippen molar-refractivity contribution in [1.82, 2.24) is 0 Å². The molecule has 3 saturated heterocycles. The summed E-state index contributed by atoms with van der Waals surface area (Å²) in [6.07, 6.45) is -20.1. The van der Waals surface area contributed by atoms with E-state index >= 15 is 0 Å². The van der Waals surface area contributed by atoms with E-state index < -0.39 is 147 Å². The van der Waals surface area contributed by atoms with E-state index in [1.165, 1.54) is 0 Å². The van der Waals surface area contributed by atoms with Gasteiger partial charge in [0.1, 0.15) is 79.4 Å². The van der Waals surface area contributed by atoms with Crippen LogP contribution in [0.4, 0.5) is 0 Å². The molecule has 0 spiro atoms. The summed E-state index contributed by atoms with van der Waals surface area (Å²) in [4.78, 5) is 4.80. The second-order valence-electron chi connectivity index (χ2n) is 23.1. The molecular weight excluding hydrogens is 897 g/mol. The molecule has 0 aromatic carbocycles. The van der Waals surface area contributed by atoms with Crippen LogP contribution in [-0.2, 0) is 33.3 Å². The number of aliphatic hydroxyl groups is 12. The SMILES string of the molecule is C=C(C)[C@H](CC[C@](C)(O[C@@H]1O[C@H](CO)[C@@H](O)[C@H](O)[C@H]1O)[C@H]1CC[C@]2(C)[C@@H]1[C@H](O)C[C@@H]1[C@@]3(C)CC[C@H](O[C@@H]4O[C@H](CO)[C@@H](O)[C@H](O)[C@H]4O[C@@H]4O[C@H](CO)[C@@H](O)[C@H](O)[C@H]4O)C(C)(C)[C@@H]3CC[C@]12C)OO. The molecule has 0 unspecified atom stereocenters. The van der Waals surface area contributed by atoms with Gasteiger partial charge in [-0.1, -0.05) is 41.2 Å². The highest BCUT2D eigenvalue weighted by molar-refractivity contribution is 5.20. The van der Waals surface area contributed by atoms with E-state index in [1.807, 2.05) is 6.92 Å². The van der Waals surface area contributed by atoms with Crippen molar-refractivity contribution in [3.05, 3.63) is 12.2 Å². The van der Waals surface area contributed by atoms with Crippen molar-refractivity contribution >= 4 is 0 Å². The van der Waals surface area contributed by atoms with E-state index in [0.29, 0.717) is 31.3 Å². The van der Waals surface area contributed by atoms with Gasteiger partial charge in [0, 0.05) is 0 Å². The molecular formula is C48H82O20. The average Bonchev–Trinajstić information content (AvgIpc) is 3.68. The summed E-state index contributed by atoms with van der Waals surface area (Å²) >= 11 is 0. The number of aliphatic hydroxyl groups excluding tert-OH is 12. The lowest BCUT2D eigenvalue weighted by Crippen LogP contribution is -2.68. The molecule has 3 aliphatic heterocycles. The fourth-order valence-electron chi connectivity index (χ4n) is 15.0. The summed E-state index contributed by atoms with van der Waals surface area (Å²) < 4.78 is 37.1. The molecule has 13 N–H and O–H groups in total. The molecule has 7 fully saturated rings. The lowest BCUT2D eigenvalue weighted by molar-refractivity contribution is -0.378. The van der Waals surface area contributed by atoms with Crippen LogP contribution in [-0.4, -0.2) is 202 Å². The van der Waals surface area contributed by atoms with Gasteiger partial charge in [-0.05, 0) is 123 Å². The van der Waals surface area contributed by atoms with Gasteiger partial charge in [0.05, 0.1) is 37.6 Å². The third kappa shape index (κ3) is 9.09. The maximum absolute atomic E-state index is 12.7. The molecule has 4 saturated carbocycles. The first-order chi connectivity index (χ1) is 31.8. The number of hydrogen-bond acceptors (Lipinski definition) is 20. The van der Waals surface area contributed by atoms with Crippen LogP contribution in [0.15, 0.2) is 12.2 Å². The second-order valence-corrected chi connectivity index (χ2v) is 23.1. The minimum atomic E-state index is -1.81. The number of rotatable bonds is 15. The standard InChI is InChI=1S/C48H82O20/c1-21(2)24(68-61)10-16-48(8,67-42-39(60)36(57)33(54)26(19-50)63-42)22-9-14-47(7)31(22)23(52)17-29-45(5)13-12-30(44(3,4)28(45)11-15-46(29,47)6)65-43-40(37(58)34(55)27(20-51)64-43)66-41-38(59)35(56)32(53)25(18-49)62-41/h22-43,49-61H,1,9-20H2,2-8H3/t22-,23+,24-,25+,26+,27+,28-,29+,30-,31-,32+,33+,34+,35-,36-,37-,38+,39+,40+,41-,42-,43-,45-,46+,47+,48-/m0/s1. The third-order valence-corrected chi connectivity index (χ3v) is 19.2. The topological polar surface area (TPSA) is 328 Å². The van der Waals surface area contributed by atoms with Gasteiger partial charge in [-0.15, -0.1) is 0 Å². The van der Waals surface area contributed by atoms with Crippen LogP contribution in [0.1, 0.15) is 106 Å². The molecule has 0 radical (unpaired) electrons. The Balaban J connectivity index is 1.14. The van der Waals surface area contributed by atoms with E-state index in [2.05, 4.69) is 41.2 Å². The first-order valence-corrected chi connectivity index (χ1v) is 24.7. The molecule has 4 aliphatic carbocycles. The molecule has 0 bridgehead atoms. The van der Waals surface area contributed by atoms with E-state index in [9.17, 15) is 66.5 Å². The molecule has 20 heteroatoms. The largest absolute Gasteiger partial charge is 0.394 e. The molecule has 394 valence electrons. The van der Waals surface area contributed by atoms with Crippen molar-refractivity contribution in [1.29, 1.82) is 0 Å². The van der Waals surface area contributed by atoms with Crippen LogP contribution in [0.2, 0.25) is 0 Å². The van der Waals surface area contributed by atoms with Crippen molar-refractivity contribution in [2.24, 2.45) is 45.3 Å². The summed E-state index contributed by atoms with van der Waals surface area (Å²) in [7, 11) is 0. The fraction of sp³-hybridized carbons (Fsp3) is 0.958. The normalized spacial score (nSPS) is 51.7. The summed E-state index contributed by atoms with van der Waals surface area (Å²) in [5.74, 6) is -0.518. The first-order valence-electron chi connectivity index (χ1n) is 24.7. The zero-order chi connectivity index (χ0) is 50.2. The highest BCUT2D eigenvalue weighted by atomic mass is 17.1. The van der Waals surface area contributed by atoms with Crippen LogP contribution >= 0.6 is 0 Å². The minimum Gasteiger partial charge on any atom is -0.394 e. The highest BCUT2D eigenvalue weighted by Crippen LogP contribution is 2.76. The van der Waals surface area contributed by atoms with E-state index in [0.717, 1.165) is 19.3 Å². The van der Waals surface area contributed by atoms with Crippen LogP contribution < -0.4 is 0 Å². The molecule has 7 aliphatic rings. The zero-order valence-electron chi connectivity index (χ0n) is 40.6. The smallest absolute Gasteiger partial charge is 0.187 e. The lowest BCUT2D eigenvalue weighted by atomic mass is 9.35. The lowest BCUT2D eigenvalue weighted by Gasteiger charge is -2.71. The predicted molar refractivity (Wildman–Crippen MR) is 236 cm³/mol. The summed E-state index contributed by atoms with van der Waals surface area (Å²) in [6.45, 7) is 16.8. The summed E-state index contributed by atoms with van der Waals surface area (Å²) in [6, 6.07) is 0. The quantitative estimate of drug-likeness (QED) is 0.0423. The maximum Gasteiger partial charge on any atom is 0.187 e. The number of hydrogen-bond donors (Lipinski definition) is 13. The Morgan fingerprint density at radius 2 is 1.18 bits per heavy atom. The second kappa shape index (κ2) is 20.3. The Morgan fingerprint density at radius 3 is 1.74 bits per heavy atom. The highest BCUT2D eigenvalue weighted by Gasteiger charge is 2.72. The number of fused-ring (bicyclic) bond motifs is 5. The Bertz CT molecular complexity index is 1720. The van der Waals surface area contributed by atoms with Gasteiger partial charge in [0.2, 0.25) is 0 Å². The molecule has 7 rings (SSSR count). The molecule has 0 amide bonds. The van der Waals surface area contributed by atoms with Crippen LogP contribution in [0.25, 0.3) is 0 Å². The van der Waals surface area contributed by atoms with Crippen molar-refractivity contribution in [3.63, 3.8) is 0 Å². The molecule has 0 aromatic heterocycles. The average molecular weight is 979 g/mol. The van der Waals surface area contributed by atoms with Crippen LogP contribution in [0.5, 0.6) is 0 Å². The van der Waals surface area contributed by atoms with Gasteiger partial charge in [0.15, 0.2) is 18.9 Å².